The van der Waals surface area contributed by atoms with Crippen LogP contribution in [0, 0.1) is 0 Å². The molecule has 2 aromatic rings. The van der Waals surface area contributed by atoms with Crippen molar-refractivity contribution in [3.8, 4) is 5.75 Å². The normalized spacial score (nSPS) is 11.1. The SMILES string of the molecule is O=C(Nc1cc(Br)cc(C(F)(F)F)c1O)OCc1ccccc1. The lowest BCUT2D eigenvalue weighted by molar-refractivity contribution is -0.138. The number of carbonyl (C=O) groups is 1. The highest BCUT2D eigenvalue weighted by Gasteiger charge is 2.35. The quantitative estimate of drug-likeness (QED) is 0.732. The first-order valence-electron chi connectivity index (χ1n) is 6.35. The number of phenols is 1. The predicted molar refractivity (Wildman–Crippen MR) is 81.1 cm³/mol. The van der Waals surface area contributed by atoms with Crippen molar-refractivity contribution >= 4 is 27.7 Å². The Hall–Kier alpha value is -2.22. The maximum Gasteiger partial charge on any atom is 0.420 e. The predicted octanol–water partition coefficient (Wildman–Crippen LogP) is 4.92. The zero-order valence-electron chi connectivity index (χ0n) is 11.5. The van der Waals surface area contributed by atoms with E-state index in [2.05, 4.69) is 21.2 Å². The zero-order valence-corrected chi connectivity index (χ0v) is 13.1. The van der Waals surface area contributed by atoms with E-state index >= 15 is 0 Å². The van der Waals surface area contributed by atoms with Gasteiger partial charge in [-0.3, -0.25) is 5.32 Å². The van der Waals surface area contributed by atoms with E-state index in [1.165, 1.54) is 0 Å². The Morgan fingerprint density at radius 2 is 1.87 bits per heavy atom. The molecule has 8 heteroatoms. The number of amides is 1. The molecule has 1 amide bonds. The molecule has 0 spiro atoms. The minimum absolute atomic E-state index is 0.0480. The molecule has 0 saturated carbocycles. The second-order valence-corrected chi connectivity index (χ2v) is 5.45. The van der Waals surface area contributed by atoms with Crippen molar-refractivity contribution in [3.63, 3.8) is 0 Å². The maximum atomic E-state index is 12.8. The third kappa shape index (κ3) is 4.62. The van der Waals surface area contributed by atoms with Crippen molar-refractivity contribution < 1.29 is 27.8 Å². The Bertz CT molecular complexity index is 705. The molecule has 0 bridgehead atoms. The molecule has 122 valence electrons. The van der Waals surface area contributed by atoms with Crippen molar-refractivity contribution in [2.24, 2.45) is 0 Å². The number of ether oxygens (including phenoxy) is 1. The number of rotatable bonds is 3. The summed E-state index contributed by atoms with van der Waals surface area (Å²) in [5.74, 6) is -1.07. The molecule has 2 N–H and O–H groups in total. The van der Waals surface area contributed by atoms with Crippen molar-refractivity contribution in [2.75, 3.05) is 5.32 Å². The molecule has 2 rings (SSSR count). The number of alkyl halides is 3. The van der Waals surface area contributed by atoms with Gasteiger partial charge < -0.3 is 9.84 Å². The number of aromatic hydroxyl groups is 1. The first-order chi connectivity index (χ1) is 10.8. The molecule has 0 aliphatic carbocycles. The van der Waals surface area contributed by atoms with Gasteiger partial charge in [-0.2, -0.15) is 13.2 Å². The van der Waals surface area contributed by atoms with Crippen molar-refractivity contribution in [1.82, 2.24) is 0 Å². The summed E-state index contributed by atoms with van der Waals surface area (Å²) in [6.45, 7) is -0.0480. The van der Waals surface area contributed by atoms with E-state index in [1.807, 2.05) is 0 Å². The third-order valence-corrected chi connectivity index (χ3v) is 3.29. The lowest BCUT2D eigenvalue weighted by atomic mass is 10.1. The zero-order chi connectivity index (χ0) is 17.0. The van der Waals surface area contributed by atoms with E-state index in [0.717, 1.165) is 17.7 Å². The fourth-order valence-corrected chi connectivity index (χ4v) is 2.24. The highest BCUT2D eigenvalue weighted by Crippen LogP contribution is 2.41. The molecule has 0 aromatic heterocycles. The van der Waals surface area contributed by atoms with Crippen LogP contribution in [0.1, 0.15) is 11.1 Å². The van der Waals surface area contributed by atoms with Crippen LogP contribution in [-0.4, -0.2) is 11.2 Å². The number of hydrogen-bond acceptors (Lipinski definition) is 3. The van der Waals surface area contributed by atoms with Crippen molar-refractivity contribution in [3.05, 3.63) is 58.1 Å². The number of benzene rings is 2. The minimum atomic E-state index is -4.75. The highest BCUT2D eigenvalue weighted by molar-refractivity contribution is 9.10. The Morgan fingerprint density at radius 3 is 2.48 bits per heavy atom. The fourth-order valence-electron chi connectivity index (χ4n) is 1.78. The maximum absolute atomic E-state index is 12.8. The van der Waals surface area contributed by atoms with Crippen LogP contribution in [0.25, 0.3) is 0 Å². The van der Waals surface area contributed by atoms with Crippen LogP contribution in [0.2, 0.25) is 0 Å². The van der Waals surface area contributed by atoms with E-state index in [1.54, 1.807) is 30.3 Å². The summed E-state index contributed by atoms with van der Waals surface area (Å²) in [6.07, 6.45) is -5.73. The number of hydrogen-bond donors (Lipinski definition) is 2. The van der Waals surface area contributed by atoms with Crippen LogP contribution < -0.4 is 5.32 Å². The van der Waals surface area contributed by atoms with Crippen molar-refractivity contribution in [1.29, 1.82) is 0 Å². The molecule has 4 nitrogen and oxygen atoms in total. The molecular weight excluding hydrogens is 379 g/mol. The number of phenolic OH excluding ortho intramolecular Hbond substituents is 1. The summed E-state index contributed by atoms with van der Waals surface area (Å²) < 4.78 is 43.3. The topological polar surface area (TPSA) is 58.6 Å². The van der Waals surface area contributed by atoms with Crippen LogP contribution in [0.15, 0.2) is 46.9 Å². The summed E-state index contributed by atoms with van der Waals surface area (Å²) >= 11 is 2.90. The van der Waals surface area contributed by atoms with Crippen LogP contribution in [0.4, 0.5) is 23.7 Å². The van der Waals surface area contributed by atoms with E-state index in [0.29, 0.717) is 0 Å². The van der Waals surface area contributed by atoms with Gasteiger partial charge in [0.1, 0.15) is 12.2 Å². The molecule has 0 atom stereocenters. The smallest absolute Gasteiger partial charge is 0.420 e. The summed E-state index contributed by atoms with van der Waals surface area (Å²) in [5, 5.41) is 11.8. The van der Waals surface area contributed by atoms with Gasteiger partial charge in [-0.15, -0.1) is 0 Å². The van der Waals surface area contributed by atoms with E-state index < -0.39 is 29.3 Å². The summed E-state index contributed by atoms with van der Waals surface area (Å²) in [5.41, 5.74) is -0.938. The van der Waals surface area contributed by atoms with E-state index in [9.17, 15) is 23.1 Å². The lowest BCUT2D eigenvalue weighted by Gasteiger charge is -2.14. The highest BCUT2D eigenvalue weighted by atomic mass is 79.9. The number of nitrogens with one attached hydrogen (secondary N) is 1. The molecule has 0 heterocycles. The second-order valence-electron chi connectivity index (χ2n) is 4.53. The third-order valence-electron chi connectivity index (χ3n) is 2.83. The molecule has 2 aromatic carbocycles. The average molecular weight is 390 g/mol. The molecule has 0 unspecified atom stereocenters. The second kappa shape index (κ2) is 6.91. The first kappa shape index (κ1) is 17.1. The molecule has 0 fully saturated rings. The lowest BCUT2D eigenvalue weighted by Crippen LogP contribution is -2.15. The number of halogens is 4. The Kier molecular flexibility index (Phi) is 5.15. The van der Waals surface area contributed by atoms with Gasteiger partial charge in [-0.05, 0) is 17.7 Å². The monoisotopic (exact) mass is 389 g/mol. The van der Waals surface area contributed by atoms with Gasteiger partial charge in [0.15, 0.2) is 5.75 Å². The standard InChI is InChI=1S/C15H11BrF3NO3/c16-10-6-11(15(17,18)19)13(21)12(7-10)20-14(22)23-8-9-4-2-1-3-5-9/h1-7,21H,8H2,(H,20,22). The van der Waals surface area contributed by atoms with Gasteiger partial charge in [0.25, 0.3) is 0 Å². The number of anilines is 1. The first-order valence-corrected chi connectivity index (χ1v) is 7.14. The molecule has 0 saturated heterocycles. The summed E-state index contributed by atoms with van der Waals surface area (Å²) in [7, 11) is 0. The summed E-state index contributed by atoms with van der Waals surface area (Å²) in [6, 6.07) is 10.6. The van der Waals surface area contributed by atoms with Crippen LogP contribution in [0.5, 0.6) is 5.75 Å². The molecule has 0 aliphatic heterocycles. The van der Waals surface area contributed by atoms with Crippen LogP contribution in [0.3, 0.4) is 0 Å². The van der Waals surface area contributed by atoms with Gasteiger partial charge in [-0.1, -0.05) is 46.3 Å². The average Bonchev–Trinajstić information content (AvgIpc) is 2.48. The fraction of sp³-hybridized carbons (Fsp3) is 0.133. The Morgan fingerprint density at radius 1 is 1.22 bits per heavy atom. The molecule has 0 aliphatic rings. The minimum Gasteiger partial charge on any atom is -0.505 e. The van der Waals surface area contributed by atoms with Gasteiger partial charge in [0.05, 0.1) is 5.69 Å². The molecule has 0 radical (unpaired) electrons. The Labute approximate surface area is 138 Å². The van der Waals surface area contributed by atoms with Crippen LogP contribution >= 0.6 is 15.9 Å². The van der Waals surface area contributed by atoms with Gasteiger partial charge in [0.2, 0.25) is 0 Å². The Balaban J connectivity index is 2.10. The van der Waals surface area contributed by atoms with Crippen molar-refractivity contribution in [2.45, 2.75) is 12.8 Å². The largest absolute Gasteiger partial charge is 0.505 e. The van der Waals surface area contributed by atoms with Crippen LogP contribution in [-0.2, 0) is 17.5 Å². The molecule has 23 heavy (non-hydrogen) atoms. The summed E-state index contributed by atoms with van der Waals surface area (Å²) in [4.78, 5) is 11.7. The number of carbonyl (C=O) groups excluding carboxylic acids is 1. The molecular formula is C15H11BrF3NO3. The van der Waals surface area contributed by atoms with E-state index in [-0.39, 0.29) is 11.1 Å². The van der Waals surface area contributed by atoms with E-state index in [4.69, 9.17) is 4.74 Å². The van der Waals surface area contributed by atoms with Gasteiger partial charge in [-0.25, -0.2) is 4.79 Å². The van der Waals surface area contributed by atoms with Gasteiger partial charge >= 0.3 is 12.3 Å². The van der Waals surface area contributed by atoms with Gasteiger partial charge in [0, 0.05) is 4.47 Å².